The van der Waals surface area contributed by atoms with Crippen molar-refractivity contribution in [1.29, 1.82) is 5.26 Å². The molecule has 1 amide bonds. The molecular weight excluding hydrogens is 543 g/mol. The molecule has 0 bridgehead atoms. The molecule has 0 spiro atoms. The molecule has 0 saturated carbocycles. The Labute approximate surface area is 203 Å². The van der Waals surface area contributed by atoms with Crippen molar-refractivity contribution in [2.24, 2.45) is 0 Å². The van der Waals surface area contributed by atoms with Crippen LogP contribution in [0.15, 0.2) is 72.3 Å². The average molecular weight is 559 g/mol. The highest BCUT2D eigenvalue weighted by Crippen LogP contribution is 2.25. The Kier molecular flexibility index (Phi) is 7.87. The summed E-state index contributed by atoms with van der Waals surface area (Å²) in [6.07, 6.45) is 1.49. The maximum absolute atomic E-state index is 12.5. The van der Waals surface area contributed by atoms with Gasteiger partial charge >= 0.3 is 5.97 Å². The third kappa shape index (κ3) is 6.09. The first-order chi connectivity index (χ1) is 15.4. The molecule has 2 N–H and O–H groups in total. The normalized spacial score (nSPS) is 10.8. The van der Waals surface area contributed by atoms with Crippen LogP contribution in [0.3, 0.4) is 0 Å². The summed E-state index contributed by atoms with van der Waals surface area (Å²) in [5, 5.41) is 21.4. The molecule has 3 rings (SSSR count). The number of nitrogens with zero attached hydrogens (tertiary/aromatic N) is 1. The van der Waals surface area contributed by atoms with Crippen molar-refractivity contribution in [3.05, 3.63) is 97.6 Å². The van der Waals surface area contributed by atoms with Crippen molar-refractivity contribution < 1.29 is 19.4 Å². The fourth-order valence-corrected chi connectivity index (χ4v) is 3.57. The van der Waals surface area contributed by atoms with Crippen LogP contribution in [0.1, 0.15) is 21.5 Å². The molecule has 0 fully saturated rings. The van der Waals surface area contributed by atoms with Crippen LogP contribution in [-0.4, -0.2) is 17.0 Å². The number of carboxylic acids is 1. The van der Waals surface area contributed by atoms with E-state index in [1.54, 1.807) is 54.6 Å². The number of rotatable bonds is 7. The van der Waals surface area contributed by atoms with Crippen molar-refractivity contribution in [3.63, 3.8) is 0 Å². The fraction of sp³-hybridized carbons (Fsp3) is 0.0417. The molecule has 8 heteroatoms. The number of hydrogen-bond donors (Lipinski definition) is 2. The Hall–Kier alpha value is -3.35. The molecule has 0 atom stereocenters. The molecule has 6 nitrogen and oxygen atoms in total. The molecule has 32 heavy (non-hydrogen) atoms. The second kappa shape index (κ2) is 10.8. The maximum Gasteiger partial charge on any atom is 0.335 e. The van der Waals surface area contributed by atoms with Crippen molar-refractivity contribution >= 4 is 57.8 Å². The van der Waals surface area contributed by atoms with Gasteiger partial charge in [-0.15, -0.1) is 0 Å². The standard InChI is InChI=1S/C24H16ClIN2O4/c25-19-3-1-2-4-21(19)28-23(29)18(13-27)11-16-7-10-22(20(26)12-16)32-14-15-5-8-17(9-6-15)24(30)31/h1-12H,14H2,(H,28,29)(H,30,31)/b18-11-. The van der Waals surface area contributed by atoms with Crippen LogP contribution < -0.4 is 10.1 Å². The van der Waals surface area contributed by atoms with E-state index in [9.17, 15) is 14.9 Å². The second-order valence-electron chi connectivity index (χ2n) is 6.58. The van der Waals surface area contributed by atoms with Gasteiger partial charge in [0.2, 0.25) is 0 Å². The van der Waals surface area contributed by atoms with E-state index in [1.165, 1.54) is 18.2 Å². The number of anilines is 1. The Morgan fingerprint density at radius 1 is 1.12 bits per heavy atom. The van der Waals surface area contributed by atoms with Gasteiger partial charge in [0.25, 0.3) is 5.91 Å². The van der Waals surface area contributed by atoms with Gasteiger partial charge in [0.15, 0.2) is 0 Å². The average Bonchev–Trinajstić information content (AvgIpc) is 2.78. The van der Waals surface area contributed by atoms with Gasteiger partial charge in [0.05, 0.1) is 19.8 Å². The summed E-state index contributed by atoms with van der Waals surface area (Å²) < 4.78 is 6.61. The number of para-hydroxylation sites is 1. The van der Waals surface area contributed by atoms with Gasteiger partial charge in [-0.1, -0.05) is 41.9 Å². The van der Waals surface area contributed by atoms with Gasteiger partial charge in [-0.3, -0.25) is 4.79 Å². The van der Waals surface area contributed by atoms with Crippen LogP contribution in [0.25, 0.3) is 6.08 Å². The lowest BCUT2D eigenvalue weighted by molar-refractivity contribution is -0.112. The summed E-state index contributed by atoms with van der Waals surface area (Å²) in [5.74, 6) is -0.905. The van der Waals surface area contributed by atoms with Crippen molar-refractivity contribution in [2.75, 3.05) is 5.32 Å². The van der Waals surface area contributed by atoms with E-state index in [-0.39, 0.29) is 17.7 Å². The van der Waals surface area contributed by atoms with E-state index in [2.05, 4.69) is 27.9 Å². The van der Waals surface area contributed by atoms with Gasteiger partial charge in [0.1, 0.15) is 24.0 Å². The molecule has 0 aliphatic heterocycles. The third-order valence-electron chi connectivity index (χ3n) is 4.35. The van der Waals surface area contributed by atoms with Gasteiger partial charge < -0.3 is 15.2 Å². The first-order valence-corrected chi connectivity index (χ1v) is 10.8. The monoisotopic (exact) mass is 558 g/mol. The fourth-order valence-electron chi connectivity index (χ4n) is 2.70. The third-order valence-corrected chi connectivity index (χ3v) is 5.52. The molecule has 160 valence electrons. The molecule has 0 radical (unpaired) electrons. The number of halogens is 2. The van der Waals surface area contributed by atoms with E-state index in [0.29, 0.717) is 22.0 Å². The van der Waals surface area contributed by atoms with E-state index >= 15 is 0 Å². The van der Waals surface area contributed by atoms with Crippen LogP contribution >= 0.6 is 34.2 Å². The number of carboxylic acid groups (broad SMARTS) is 1. The summed E-state index contributed by atoms with van der Waals surface area (Å²) in [4.78, 5) is 23.4. The molecule has 0 aromatic heterocycles. The molecule has 0 aliphatic carbocycles. The van der Waals surface area contributed by atoms with Crippen molar-refractivity contribution in [1.82, 2.24) is 0 Å². The van der Waals surface area contributed by atoms with Gasteiger partial charge in [0, 0.05) is 0 Å². The zero-order valence-corrected chi connectivity index (χ0v) is 19.4. The van der Waals surface area contributed by atoms with E-state index in [4.69, 9.17) is 21.4 Å². The topological polar surface area (TPSA) is 99.4 Å². The summed E-state index contributed by atoms with van der Waals surface area (Å²) in [6.45, 7) is 0.273. The smallest absolute Gasteiger partial charge is 0.335 e. The first kappa shape index (κ1) is 23.3. The summed E-state index contributed by atoms with van der Waals surface area (Å²) in [7, 11) is 0. The molecule has 3 aromatic carbocycles. The lowest BCUT2D eigenvalue weighted by atomic mass is 10.1. The SMILES string of the molecule is N#C/C(=C/c1ccc(OCc2ccc(C(=O)O)cc2)c(I)c1)C(=O)Nc1ccccc1Cl. The summed E-state index contributed by atoms with van der Waals surface area (Å²) >= 11 is 8.16. The zero-order chi connectivity index (χ0) is 23.1. The Bertz CT molecular complexity index is 1230. The highest BCUT2D eigenvalue weighted by atomic mass is 127. The highest BCUT2D eigenvalue weighted by molar-refractivity contribution is 14.1. The lowest BCUT2D eigenvalue weighted by Crippen LogP contribution is -2.13. The Morgan fingerprint density at radius 2 is 1.84 bits per heavy atom. The number of benzene rings is 3. The predicted molar refractivity (Wildman–Crippen MR) is 131 cm³/mol. The number of aromatic carboxylic acids is 1. The van der Waals surface area contributed by atoms with Crippen molar-refractivity contribution in [3.8, 4) is 11.8 Å². The lowest BCUT2D eigenvalue weighted by Gasteiger charge is -2.10. The zero-order valence-electron chi connectivity index (χ0n) is 16.5. The molecule has 0 aliphatic rings. The van der Waals surface area contributed by atoms with Crippen LogP contribution in [0.5, 0.6) is 5.75 Å². The van der Waals surface area contributed by atoms with Crippen LogP contribution in [0.2, 0.25) is 5.02 Å². The minimum absolute atomic E-state index is 0.0621. The number of hydrogen-bond acceptors (Lipinski definition) is 4. The Balaban J connectivity index is 1.69. The van der Waals surface area contributed by atoms with Crippen LogP contribution in [-0.2, 0) is 11.4 Å². The number of ether oxygens (including phenoxy) is 1. The largest absolute Gasteiger partial charge is 0.488 e. The summed E-state index contributed by atoms with van der Waals surface area (Å²) in [5.41, 5.74) is 2.07. The molecule has 0 heterocycles. The predicted octanol–water partition coefficient (Wildman–Crippen LogP) is 5.77. The molecule has 0 saturated heterocycles. The van der Waals surface area contributed by atoms with E-state index in [1.807, 2.05) is 6.07 Å². The van der Waals surface area contributed by atoms with Crippen molar-refractivity contribution in [2.45, 2.75) is 6.61 Å². The van der Waals surface area contributed by atoms with Crippen LogP contribution in [0.4, 0.5) is 5.69 Å². The highest BCUT2D eigenvalue weighted by Gasteiger charge is 2.12. The minimum Gasteiger partial charge on any atom is -0.488 e. The Morgan fingerprint density at radius 3 is 2.47 bits per heavy atom. The van der Waals surface area contributed by atoms with Crippen LogP contribution in [0, 0.1) is 14.9 Å². The van der Waals surface area contributed by atoms with Gasteiger partial charge in [-0.2, -0.15) is 5.26 Å². The number of carbonyl (C=O) groups is 2. The van der Waals surface area contributed by atoms with E-state index < -0.39 is 11.9 Å². The minimum atomic E-state index is -0.979. The number of carbonyl (C=O) groups excluding carboxylic acids is 1. The maximum atomic E-state index is 12.5. The summed E-state index contributed by atoms with van der Waals surface area (Å²) in [6, 6.07) is 20.4. The molecule has 3 aromatic rings. The first-order valence-electron chi connectivity index (χ1n) is 9.29. The van der Waals surface area contributed by atoms with Gasteiger partial charge in [-0.05, 0) is 76.2 Å². The van der Waals surface area contributed by atoms with Gasteiger partial charge in [-0.25, -0.2) is 4.79 Å². The van der Waals surface area contributed by atoms with E-state index in [0.717, 1.165) is 9.13 Å². The molecular formula is C24H16ClIN2O4. The number of nitriles is 1. The number of nitrogens with one attached hydrogen (secondary N) is 1. The quantitative estimate of drug-likeness (QED) is 0.218. The molecule has 0 unspecified atom stereocenters. The second-order valence-corrected chi connectivity index (χ2v) is 8.15. The number of amides is 1.